The number of methoxy groups -OCH3 is 2. The highest BCUT2D eigenvalue weighted by Gasteiger charge is 2.23. The molecule has 1 aliphatic heterocycles. The van der Waals surface area contributed by atoms with Crippen molar-refractivity contribution in [2.24, 2.45) is 0 Å². The van der Waals surface area contributed by atoms with Crippen molar-refractivity contribution in [3.05, 3.63) is 54.1 Å². The van der Waals surface area contributed by atoms with E-state index in [0.717, 1.165) is 60.1 Å². The average molecular weight is 349 g/mol. The predicted molar refractivity (Wildman–Crippen MR) is 104 cm³/mol. The van der Waals surface area contributed by atoms with Crippen LogP contribution in [0.5, 0.6) is 11.5 Å². The summed E-state index contributed by atoms with van der Waals surface area (Å²) >= 11 is 0. The molecule has 1 aromatic heterocycles. The number of fused-ring (bicyclic) bond motifs is 1. The fourth-order valence-corrected chi connectivity index (χ4v) is 3.48. The first-order valence-electron chi connectivity index (χ1n) is 8.95. The SMILES string of the molecule is COc1cccc(-c2nn(-c3ccccc3OC)c3c2CCCCN3)c1. The molecule has 3 aromatic rings. The van der Waals surface area contributed by atoms with Gasteiger partial charge in [0.1, 0.15) is 23.0 Å². The molecule has 0 saturated heterocycles. The van der Waals surface area contributed by atoms with Crippen molar-refractivity contribution >= 4 is 5.82 Å². The van der Waals surface area contributed by atoms with Gasteiger partial charge in [-0.05, 0) is 43.5 Å². The van der Waals surface area contributed by atoms with E-state index >= 15 is 0 Å². The van der Waals surface area contributed by atoms with Crippen LogP contribution in [0.25, 0.3) is 16.9 Å². The highest BCUT2D eigenvalue weighted by Crippen LogP contribution is 2.36. The lowest BCUT2D eigenvalue weighted by molar-refractivity contribution is 0.412. The number of hydrogen-bond acceptors (Lipinski definition) is 4. The van der Waals surface area contributed by atoms with Gasteiger partial charge in [-0.3, -0.25) is 0 Å². The Labute approximate surface area is 153 Å². The van der Waals surface area contributed by atoms with Crippen LogP contribution < -0.4 is 14.8 Å². The highest BCUT2D eigenvalue weighted by atomic mass is 16.5. The molecule has 0 radical (unpaired) electrons. The van der Waals surface area contributed by atoms with Crippen molar-refractivity contribution in [1.29, 1.82) is 0 Å². The standard InChI is InChI=1S/C21H23N3O2/c1-25-16-9-7-8-15(14-16)20-17-10-5-6-13-22-21(17)24(23-20)18-11-3-4-12-19(18)26-2/h3-4,7-9,11-12,14,22H,5-6,10,13H2,1-2H3. The summed E-state index contributed by atoms with van der Waals surface area (Å²) < 4.78 is 12.9. The Hall–Kier alpha value is -2.95. The van der Waals surface area contributed by atoms with Crippen LogP contribution >= 0.6 is 0 Å². The maximum Gasteiger partial charge on any atom is 0.144 e. The molecule has 4 rings (SSSR count). The largest absolute Gasteiger partial charge is 0.497 e. The minimum absolute atomic E-state index is 0.807. The predicted octanol–water partition coefficient (Wildman–Crippen LogP) is 4.30. The maximum atomic E-state index is 5.56. The molecule has 0 unspecified atom stereocenters. The molecule has 0 atom stereocenters. The first-order valence-corrected chi connectivity index (χ1v) is 8.95. The number of ether oxygens (including phenoxy) is 2. The molecule has 5 nitrogen and oxygen atoms in total. The average Bonchev–Trinajstić information content (AvgIpc) is 2.88. The van der Waals surface area contributed by atoms with Gasteiger partial charge in [0, 0.05) is 17.7 Å². The van der Waals surface area contributed by atoms with Crippen LogP contribution in [0.4, 0.5) is 5.82 Å². The molecule has 134 valence electrons. The summed E-state index contributed by atoms with van der Waals surface area (Å²) in [5, 5.41) is 8.55. The van der Waals surface area contributed by atoms with E-state index in [1.54, 1.807) is 14.2 Å². The summed E-state index contributed by atoms with van der Waals surface area (Å²) in [6.07, 6.45) is 3.30. The molecular weight excluding hydrogens is 326 g/mol. The lowest BCUT2D eigenvalue weighted by atomic mass is 10.0. The quantitative estimate of drug-likeness (QED) is 0.763. The normalized spacial score (nSPS) is 13.5. The number of hydrogen-bond donors (Lipinski definition) is 1. The van der Waals surface area contributed by atoms with Gasteiger partial charge < -0.3 is 14.8 Å². The van der Waals surface area contributed by atoms with E-state index in [2.05, 4.69) is 11.4 Å². The summed E-state index contributed by atoms with van der Waals surface area (Å²) in [7, 11) is 3.38. The molecule has 1 aliphatic rings. The van der Waals surface area contributed by atoms with Gasteiger partial charge in [0.25, 0.3) is 0 Å². The number of nitrogens with one attached hydrogen (secondary N) is 1. The Bertz CT molecular complexity index is 917. The van der Waals surface area contributed by atoms with E-state index in [1.165, 1.54) is 5.56 Å². The second-order valence-corrected chi connectivity index (χ2v) is 6.38. The van der Waals surface area contributed by atoms with E-state index in [-0.39, 0.29) is 0 Å². The molecule has 26 heavy (non-hydrogen) atoms. The third-order valence-corrected chi connectivity index (χ3v) is 4.79. The summed E-state index contributed by atoms with van der Waals surface area (Å²) in [5.41, 5.74) is 4.26. The van der Waals surface area contributed by atoms with Crippen LogP contribution in [0.2, 0.25) is 0 Å². The third kappa shape index (κ3) is 2.90. The van der Waals surface area contributed by atoms with E-state index in [9.17, 15) is 0 Å². The maximum absolute atomic E-state index is 5.56. The van der Waals surface area contributed by atoms with E-state index < -0.39 is 0 Å². The van der Waals surface area contributed by atoms with Crippen LogP contribution in [0.3, 0.4) is 0 Å². The second kappa shape index (κ2) is 7.12. The molecule has 5 heteroatoms. The lowest BCUT2D eigenvalue weighted by Crippen LogP contribution is -2.08. The molecule has 1 N–H and O–H groups in total. The van der Waals surface area contributed by atoms with Crippen LogP contribution in [0, 0.1) is 0 Å². The Morgan fingerprint density at radius 2 is 1.88 bits per heavy atom. The first kappa shape index (κ1) is 16.5. The van der Waals surface area contributed by atoms with Gasteiger partial charge in [0.2, 0.25) is 0 Å². The van der Waals surface area contributed by atoms with Gasteiger partial charge in [0.15, 0.2) is 0 Å². The summed E-state index contributed by atoms with van der Waals surface area (Å²) in [6, 6.07) is 16.1. The smallest absolute Gasteiger partial charge is 0.144 e. The van der Waals surface area contributed by atoms with Crippen molar-refractivity contribution in [2.75, 3.05) is 26.1 Å². The van der Waals surface area contributed by atoms with Crippen molar-refractivity contribution in [3.63, 3.8) is 0 Å². The lowest BCUT2D eigenvalue weighted by Gasteiger charge is -2.12. The highest BCUT2D eigenvalue weighted by molar-refractivity contribution is 5.72. The summed E-state index contributed by atoms with van der Waals surface area (Å²) in [4.78, 5) is 0. The van der Waals surface area contributed by atoms with Crippen molar-refractivity contribution in [1.82, 2.24) is 9.78 Å². The van der Waals surface area contributed by atoms with Gasteiger partial charge in [-0.15, -0.1) is 0 Å². The number of para-hydroxylation sites is 2. The molecule has 0 fully saturated rings. The molecule has 0 saturated carbocycles. The molecule has 0 spiro atoms. The van der Waals surface area contributed by atoms with Gasteiger partial charge >= 0.3 is 0 Å². The summed E-state index contributed by atoms with van der Waals surface area (Å²) in [6.45, 7) is 0.950. The fraction of sp³-hybridized carbons (Fsp3) is 0.286. The topological polar surface area (TPSA) is 48.3 Å². The molecular formula is C21H23N3O2. The van der Waals surface area contributed by atoms with E-state index in [0.29, 0.717) is 0 Å². The summed E-state index contributed by atoms with van der Waals surface area (Å²) in [5.74, 6) is 2.70. The molecule has 0 amide bonds. The Kier molecular flexibility index (Phi) is 4.52. The zero-order valence-electron chi connectivity index (χ0n) is 15.2. The minimum Gasteiger partial charge on any atom is -0.497 e. The number of anilines is 1. The van der Waals surface area contributed by atoms with E-state index in [4.69, 9.17) is 14.6 Å². The zero-order valence-corrected chi connectivity index (χ0v) is 15.2. The Morgan fingerprint density at radius 3 is 2.73 bits per heavy atom. The van der Waals surface area contributed by atoms with Gasteiger partial charge in [-0.25, -0.2) is 4.68 Å². The monoisotopic (exact) mass is 349 g/mol. The number of rotatable bonds is 4. The number of aromatic nitrogens is 2. The van der Waals surface area contributed by atoms with Crippen molar-refractivity contribution < 1.29 is 9.47 Å². The Balaban J connectivity index is 1.92. The Morgan fingerprint density at radius 1 is 1.00 bits per heavy atom. The molecule has 0 bridgehead atoms. The van der Waals surface area contributed by atoms with Gasteiger partial charge in [-0.1, -0.05) is 24.3 Å². The number of nitrogens with zero attached hydrogens (tertiary/aromatic N) is 2. The van der Waals surface area contributed by atoms with Crippen LogP contribution in [-0.4, -0.2) is 30.5 Å². The first-order chi connectivity index (χ1) is 12.8. The molecule has 2 aromatic carbocycles. The molecule has 0 aliphatic carbocycles. The second-order valence-electron chi connectivity index (χ2n) is 6.38. The third-order valence-electron chi connectivity index (χ3n) is 4.79. The van der Waals surface area contributed by atoms with Gasteiger partial charge in [-0.2, -0.15) is 5.10 Å². The zero-order chi connectivity index (χ0) is 17.9. The van der Waals surface area contributed by atoms with E-state index in [1.807, 2.05) is 47.1 Å². The van der Waals surface area contributed by atoms with Crippen molar-refractivity contribution in [3.8, 4) is 28.4 Å². The number of benzene rings is 2. The fourth-order valence-electron chi connectivity index (χ4n) is 3.48. The minimum atomic E-state index is 0.807. The molecule has 2 heterocycles. The van der Waals surface area contributed by atoms with Gasteiger partial charge in [0.05, 0.1) is 19.9 Å². The van der Waals surface area contributed by atoms with Crippen molar-refractivity contribution in [2.45, 2.75) is 19.3 Å². The van der Waals surface area contributed by atoms with Crippen LogP contribution in [-0.2, 0) is 6.42 Å². The van der Waals surface area contributed by atoms with Crippen LogP contribution in [0.15, 0.2) is 48.5 Å². The van der Waals surface area contributed by atoms with Crippen LogP contribution in [0.1, 0.15) is 18.4 Å².